The quantitative estimate of drug-likeness (QED) is 0.345. The van der Waals surface area contributed by atoms with E-state index in [4.69, 9.17) is 24.7 Å². The van der Waals surface area contributed by atoms with Gasteiger partial charge in [-0.2, -0.15) is 0 Å². The number of fused-ring (bicyclic) bond motifs is 5. The number of rotatable bonds is 4. The summed E-state index contributed by atoms with van der Waals surface area (Å²) in [6.45, 7) is 0.0746. The average molecular weight is 655 g/mol. The van der Waals surface area contributed by atoms with Crippen LogP contribution < -0.4 is 24.7 Å². The van der Waals surface area contributed by atoms with Crippen LogP contribution in [0, 0.1) is 23.7 Å². The highest BCUT2D eigenvalue weighted by Gasteiger charge is 2.69. The number of benzene rings is 3. The maximum atomic E-state index is 14.6. The molecule has 6 atom stereocenters. The van der Waals surface area contributed by atoms with E-state index in [-0.39, 0.29) is 43.3 Å². The third-order valence-corrected chi connectivity index (χ3v) is 10.4. The van der Waals surface area contributed by atoms with Crippen LogP contribution in [-0.2, 0) is 25.6 Å². The molecule has 246 valence electrons. The average Bonchev–Trinajstić information content (AvgIpc) is 3.71. The molecule has 0 spiro atoms. The molecule has 3 unspecified atom stereocenters. The minimum absolute atomic E-state index is 0.0284. The van der Waals surface area contributed by atoms with Gasteiger partial charge in [-0.15, -0.1) is 0 Å². The van der Waals surface area contributed by atoms with Gasteiger partial charge in [-0.1, -0.05) is 12.1 Å². The predicted molar refractivity (Wildman–Crippen MR) is 164 cm³/mol. The molecule has 13 nitrogen and oxygen atoms in total. The van der Waals surface area contributed by atoms with E-state index < -0.39 is 64.4 Å². The first-order valence-electron chi connectivity index (χ1n) is 15.4. The number of nitrogens with two attached hydrogens (primary N) is 1. The third kappa shape index (κ3) is 4.00. The summed E-state index contributed by atoms with van der Waals surface area (Å²) >= 11 is 0. The van der Waals surface area contributed by atoms with Crippen LogP contribution in [0.15, 0.2) is 42.5 Å². The number of ether oxygens (including phenoxy) is 4. The zero-order chi connectivity index (χ0) is 33.8. The van der Waals surface area contributed by atoms with E-state index in [1.54, 1.807) is 56.6 Å². The molecule has 4 N–H and O–H groups in total. The second-order valence-electron chi connectivity index (χ2n) is 13.1. The van der Waals surface area contributed by atoms with Crippen molar-refractivity contribution in [1.82, 2.24) is 4.90 Å². The number of hydrogen-bond acceptors (Lipinski definition) is 12. The van der Waals surface area contributed by atoms with Gasteiger partial charge in [0.15, 0.2) is 57.6 Å². The number of hydrogen-bond donors (Lipinski definition) is 3. The van der Waals surface area contributed by atoms with Crippen LogP contribution in [0.1, 0.15) is 22.3 Å². The van der Waals surface area contributed by atoms with Crippen molar-refractivity contribution in [3.05, 3.63) is 53.6 Å². The van der Waals surface area contributed by atoms with Crippen LogP contribution in [0.2, 0.25) is 0 Å². The fourth-order valence-electron chi connectivity index (χ4n) is 8.28. The number of Topliss-reactive ketones (excluding diaryl/α,β-unsaturated/α-hetero) is 4. The number of likely N-dealkylation sites (N-methyl/N-ethyl adjacent to an activating group) is 1. The maximum Gasteiger partial charge on any atom is 0.235 e. The first-order chi connectivity index (χ1) is 22.9. The van der Waals surface area contributed by atoms with Gasteiger partial charge in [-0.25, -0.2) is 0 Å². The molecular weight excluding hydrogens is 624 g/mol. The lowest BCUT2D eigenvalue weighted by Gasteiger charge is -2.52. The molecule has 0 aromatic heterocycles. The van der Waals surface area contributed by atoms with Gasteiger partial charge in [0.2, 0.25) is 19.5 Å². The second kappa shape index (κ2) is 10.4. The Morgan fingerprint density at radius 2 is 1.44 bits per heavy atom. The summed E-state index contributed by atoms with van der Waals surface area (Å²) in [6.07, 6.45) is 0.0414. The normalized spacial score (nSPS) is 28.3. The number of phenolic OH excluding ortho intramolecular Hbond substituents is 1. The number of ketones is 4. The molecule has 3 aliphatic carbocycles. The summed E-state index contributed by atoms with van der Waals surface area (Å²) in [5.74, 6) is -9.20. The van der Waals surface area contributed by atoms with E-state index in [2.05, 4.69) is 0 Å². The minimum atomic E-state index is -2.82. The van der Waals surface area contributed by atoms with E-state index in [0.29, 0.717) is 45.3 Å². The summed E-state index contributed by atoms with van der Waals surface area (Å²) in [7, 11) is 3.09. The van der Waals surface area contributed by atoms with E-state index in [1.807, 2.05) is 0 Å². The lowest BCUT2D eigenvalue weighted by Crippen LogP contribution is -2.74. The van der Waals surface area contributed by atoms with E-state index in [0.717, 1.165) is 0 Å². The SMILES string of the molecule is CN(C)[C@@H]1C(=O)C(C(N)=O)C(=O)[C@@]2(O)C(=O)C3C(=O)c4c(O)c(-c5ccc6c(c5)OCO6)cc(-c5ccc6c(c5)OCO6)c4C[C@H]3CC12. The van der Waals surface area contributed by atoms with Crippen molar-refractivity contribution in [2.45, 2.75) is 24.5 Å². The van der Waals surface area contributed by atoms with Gasteiger partial charge in [0, 0.05) is 11.5 Å². The van der Waals surface area contributed by atoms with Crippen molar-refractivity contribution in [2.24, 2.45) is 29.4 Å². The number of phenols is 1. The highest BCUT2D eigenvalue weighted by atomic mass is 16.7. The van der Waals surface area contributed by atoms with Crippen LogP contribution >= 0.6 is 0 Å². The van der Waals surface area contributed by atoms with Crippen molar-refractivity contribution in [2.75, 3.05) is 27.7 Å². The van der Waals surface area contributed by atoms with Gasteiger partial charge < -0.3 is 34.9 Å². The number of carbonyl (C=O) groups is 5. The van der Waals surface area contributed by atoms with Crippen LogP contribution in [-0.4, -0.2) is 83.5 Å². The molecule has 48 heavy (non-hydrogen) atoms. The number of nitrogens with zero attached hydrogens (tertiary/aromatic N) is 1. The fraction of sp³-hybridized carbons (Fsp3) is 0.343. The Labute approximate surface area is 273 Å². The summed E-state index contributed by atoms with van der Waals surface area (Å²) in [5.41, 5.74) is 4.97. The Morgan fingerprint density at radius 3 is 2.02 bits per heavy atom. The van der Waals surface area contributed by atoms with E-state index >= 15 is 0 Å². The first-order valence-corrected chi connectivity index (χ1v) is 15.4. The largest absolute Gasteiger partial charge is 0.507 e. The lowest BCUT2D eigenvalue weighted by molar-refractivity contribution is -0.181. The molecule has 2 saturated carbocycles. The number of aliphatic hydroxyl groups is 1. The summed E-state index contributed by atoms with van der Waals surface area (Å²) < 4.78 is 22.1. The molecule has 2 heterocycles. The molecule has 13 heteroatoms. The van der Waals surface area contributed by atoms with Crippen LogP contribution in [0.3, 0.4) is 0 Å². The maximum absolute atomic E-state index is 14.6. The molecular formula is C35H30N2O11. The Bertz CT molecular complexity index is 2000. The molecule has 0 saturated heterocycles. The van der Waals surface area contributed by atoms with Crippen LogP contribution in [0.5, 0.6) is 28.7 Å². The second-order valence-corrected chi connectivity index (χ2v) is 13.1. The Morgan fingerprint density at radius 1 is 0.854 bits per heavy atom. The predicted octanol–water partition coefficient (Wildman–Crippen LogP) is 1.66. The molecule has 3 aromatic carbocycles. The highest BCUT2D eigenvalue weighted by molar-refractivity contribution is 6.32. The Kier molecular flexibility index (Phi) is 6.50. The monoisotopic (exact) mass is 654 g/mol. The molecule has 5 aliphatic rings. The van der Waals surface area contributed by atoms with Crippen molar-refractivity contribution in [1.29, 1.82) is 0 Å². The summed E-state index contributed by atoms with van der Waals surface area (Å²) in [5, 5.41) is 23.8. The first kappa shape index (κ1) is 30.1. The highest BCUT2D eigenvalue weighted by Crippen LogP contribution is 2.54. The minimum Gasteiger partial charge on any atom is -0.507 e. The smallest absolute Gasteiger partial charge is 0.235 e. The van der Waals surface area contributed by atoms with E-state index in [9.17, 15) is 34.2 Å². The topological polar surface area (TPSA) is 192 Å². The molecule has 1 amide bonds. The molecule has 2 aliphatic heterocycles. The Balaban J connectivity index is 1.31. The summed E-state index contributed by atoms with van der Waals surface area (Å²) in [6, 6.07) is 10.9. The number of aromatic hydroxyl groups is 1. The fourth-order valence-corrected chi connectivity index (χ4v) is 8.28. The van der Waals surface area contributed by atoms with Crippen molar-refractivity contribution in [3.8, 4) is 51.0 Å². The zero-order valence-electron chi connectivity index (χ0n) is 25.8. The van der Waals surface area contributed by atoms with Gasteiger partial charge in [0.1, 0.15) is 5.75 Å². The molecule has 0 radical (unpaired) electrons. The van der Waals surface area contributed by atoms with Crippen molar-refractivity contribution >= 4 is 29.0 Å². The van der Waals surface area contributed by atoms with Gasteiger partial charge in [-0.3, -0.25) is 28.9 Å². The number of carbonyl (C=O) groups excluding carboxylic acids is 5. The zero-order valence-corrected chi connectivity index (χ0v) is 25.8. The van der Waals surface area contributed by atoms with E-state index in [1.165, 1.54) is 4.90 Å². The van der Waals surface area contributed by atoms with Gasteiger partial charge in [0.25, 0.3) is 0 Å². The summed E-state index contributed by atoms with van der Waals surface area (Å²) in [4.78, 5) is 69.8. The lowest BCUT2D eigenvalue weighted by atomic mass is 9.52. The Hall–Kier alpha value is -5.27. The third-order valence-electron chi connectivity index (χ3n) is 10.4. The van der Waals surface area contributed by atoms with Gasteiger partial charge in [-0.05, 0) is 85.4 Å². The molecule has 2 fully saturated rings. The van der Waals surface area contributed by atoms with Gasteiger partial charge >= 0.3 is 0 Å². The van der Waals surface area contributed by atoms with Gasteiger partial charge in [0.05, 0.1) is 17.5 Å². The molecule has 0 bridgehead atoms. The standard InChI is InChI=1S/C35H30N2O11/c1-37(2)28-20-8-16-7-19-17(14-3-5-21-23(9-14)47-12-45-21)11-18(15-4-6-22-24(10-15)48-13-46-22)29(38)26(19)30(39)25(16)32(41)35(20,44)33(42)27(31(28)40)34(36)43/h3-6,9-11,16,20,25,27-28,38,44H,7-8,12-13H2,1-2H3,(H2,36,43)/t16-,20?,25?,27?,28-,35-/m0/s1. The van der Waals surface area contributed by atoms with Crippen molar-refractivity contribution < 1.29 is 53.1 Å². The van der Waals surface area contributed by atoms with Crippen molar-refractivity contribution in [3.63, 3.8) is 0 Å². The molecule has 8 rings (SSSR count). The van der Waals surface area contributed by atoms with Crippen LogP contribution in [0.25, 0.3) is 22.3 Å². The number of amides is 1. The number of primary amides is 1. The van der Waals surface area contributed by atoms with Crippen LogP contribution in [0.4, 0.5) is 0 Å². The molecule has 3 aromatic rings.